The Morgan fingerprint density at radius 3 is 2.36 bits per heavy atom. The van der Waals surface area contributed by atoms with Crippen molar-refractivity contribution >= 4 is 17.7 Å². The number of carbonyl (C=O) groups is 3. The van der Waals surface area contributed by atoms with Crippen LogP contribution in [-0.4, -0.2) is 81.2 Å². The van der Waals surface area contributed by atoms with Crippen molar-refractivity contribution in [1.29, 1.82) is 0 Å². The molecule has 0 unspecified atom stereocenters. The molecule has 3 amide bonds. The Kier molecular flexibility index (Phi) is 5.25. The average Bonchev–Trinajstić information content (AvgIpc) is 3.47. The summed E-state index contributed by atoms with van der Waals surface area (Å²) in [7, 11) is 0. The van der Waals surface area contributed by atoms with Crippen LogP contribution in [0.4, 0.5) is 0 Å². The maximum atomic E-state index is 12.6. The molecule has 0 N–H and O–H groups in total. The molecule has 8 nitrogen and oxygen atoms in total. The van der Waals surface area contributed by atoms with Crippen LogP contribution in [0, 0.1) is 0 Å². The van der Waals surface area contributed by atoms with Gasteiger partial charge in [-0.05, 0) is 12.8 Å². The van der Waals surface area contributed by atoms with Gasteiger partial charge in [0.2, 0.25) is 11.8 Å². The molecule has 0 atom stereocenters. The first kappa shape index (κ1) is 17.3. The standard InChI is InChI=1S/C17H23N5O3/c1-13(23)20-8-10-21(11-9-20)16(24)4-7-22(14-2-3-14)17(25)15-12-18-5-6-19-15/h5-6,12,14H,2-4,7-11H2,1H3. The van der Waals surface area contributed by atoms with Crippen molar-refractivity contribution in [1.82, 2.24) is 24.7 Å². The van der Waals surface area contributed by atoms with Gasteiger partial charge in [-0.2, -0.15) is 0 Å². The molecule has 0 spiro atoms. The summed E-state index contributed by atoms with van der Waals surface area (Å²) in [5.41, 5.74) is 0.317. The lowest BCUT2D eigenvalue weighted by Crippen LogP contribution is -2.50. The van der Waals surface area contributed by atoms with E-state index in [1.807, 2.05) is 0 Å². The van der Waals surface area contributed by atoms with Gasteiger partial charge in [-0.15, -0.1) is 0 Å². The van der Waals surface area contributed by atoms with Crippen LogP contribution in [0.3, 0.4) is 0 Å². The molecule has 1 aliphatic heterocycles. The summed E-state index contributed by atoms with van der Waals surface area (Å²) in [5.74, 6) is -0.0906. The SMILES string of the molecule is CC(=O)N1CCN(C(=O)CCN(C(=O)c2cnccn2)C2CC2)CC1. The highest BCUT2D eigenvalue weighted by Gasteiger charge is 2.34. The van der Waals surface area contributed by atoms with Gasteiger partial charge in [0, 0.05) is 64.5 Å². The molecule has 2 heterocycles. The maximum absolute atomic E-state index is 12.6. The van der Waals surface area contributed by atoms with E-state index in [0.717, 1.165) is 12.8 Å². The van der Waals surface area contributed by atoms with Crippen molar-refractivity contribution in [2.45, 2.75) is 32.2 Å². The predicted octanol–water partition coefficient (Wildman–Crippen LogP) is 0.162. The molecule has 8 heteroatoms. The molecule has 1 saturated heterocycles. The first-order chi connectivity index (χ1) is 12.1. The van der Waals surface area contributed by atoms with Gasteiger partial charge in [0.1, 0.15) is 5.69 Å². The third kappa shape index (κ3) is 4.32. The smallest absolute Gasteiger partial charge is 0.274 e. The van der Waals surface area contributed by atoms with Crippen molar-refractivity contribution in [2.75, 3.05) is 32.7 Å². The number of amides is 3. The molecule has 3 rings (SSSR count). The van der Waals surface area contributed by atoms with Crippen LogP contribution in [0.15, 0.2) is 18.6 Å². The van der Waals surface area contributed by atoms with E-state index < -0.39 is 0 Å². The van der Waals surface area contributed by atoms with Crippen molar-refractivity contribution in [3.05, 3.63) is 24.3 Å². The summed E-state index contributed by atoms with van der Waals surface area (Å²) in [6, 6.07) is 0.205. The highest BCUT2D eigenvalue weighted by molar-refractivity contribution is 5.92. The zero-order chi connectivity index (χ0) is 17.8. The van der Waals surface area contributed by atoms with E-state index in [1.165, 1.54) is 18.6 Å². The Balaban J connectivity index is 1.53. The zero-order valence-corrected chi connectivity index (χ0v) is 14.4. The van der Waals surface area contributed by atoms with E-state index in [0.29, 0.717) is 44.8 Å². The Labute approximate surface area is 146 Å². The molecule has 1 saturated carbocycles. The van der Waals surface area contributed by atoms with Crippen LogP contribution in [0.25, 0.3) is 0 Å². The second-order valence-electron chi connectivity index (χ2n) is 6.46. The molecule has 0 bridgehead atoms. The van der Waals surface area contributed by atoms with E-state index in [9.17, 15) is 14.4 Å². The number of nitrogens with zero attached hydrogens (tertiary/aromatic N) is 5. The van der Waals surface area contributed by atoms with Gasteiger partial charge in [0.15, 0.2) is 0 Å². The molecule has 1 aliphatic carbocycles. The molecule has 0 radical (unpaired) electrons. The quantitative estimate of drug-likeness (QED) is 0.759. The number of hydrogen-bond acceptors (Lipinski definition) is 5. The van der Waals surface area contributed by atoms with Crippen molar-refractivity contribution in [2.24, 2.45) is 0 Å². The summed E-state index contributed by atoms with van der Waals surface area (Å²) in [5, 5.41) is 0. The highest BCUT2D eigenvalue weighted by atomic mass is 16.2. The Bertz CT molecular complexity index is 639. The number of piperazine rings is 1. The first-order valence-corrected chi connectivity index (χ1v) is 8.66. The van der Waals surface area contributed by atoms with Gasteiger partial charge in [0.05, 0.1) is 6.20 Å². The minimum atomic E-state index is -0.162. The van der Waals surface area contributed by atoms with E-state index in [1.54, 1.807) is 21.6 Å². The third-order valence-electron chi connectivity index (χ3n) is 4.68. The molecule has 0 aromatic carbocycles. The van der Waals surface area contributed by atoms with Gasteiger partial charge in [-0.1, -0.05) is 0 Å². The first-order valence-electron chi connectivity index (χ1n) is 8.66. The predicted molar refractivity (Wildman–Crippen MR) is 89.5 cm³/mol. The fourth-order valence-corrected chi connectivity index (χ4v) is 3.04. The minimum absolute atomic E-state index is 0.0285. The Morgan fingerprint density at radius 1 is 1.12 bits per heavy atom. The summed E-state index contributed by atoms with van der Waals surface area (Å²) in [6.07, 6.45) is 6.72. The van der Waals surface area contributed by atoms with Crippen LogP contribution in [0.5, 0.6) is 0 Å². The number of rotatable bonds is 5. The monoisotopic (exact) mass is 345 g/mol. The normalized spacial score (nSPS) is 17.3. The zero-order valence-electron chi connectivity index (χ0n) is 14.4. The summed E-state index contributed by atoms with van der Waals surface area (Å²) in [4.78, 5) is 49.6. The van der Waals surface area contributed by atoms with E-state index in [-0.39, 0.29) is 23.8 Å². The molecular formula is C17H23N5O3. The summed E-state index contributed by atoms with van der Waals surface area (Å²) < 4.78 is 0. The molecule has 1 aromatic heterocycles. The van der Waals surface area contributed by atoms with Gasteiger partial charge in [-0.25, -0.2) is 4.98 Å². The van der Waals surface area contributed by atoms with E-state index in [2.05, 4.69) is 9.97 Å². The fourth-order valence-electron chi connectivity index (χ4n) is 3.04. The topological polar surface area (TPSA) is 86.7 Å². The largest absolute Gasteiger partial charge is 0.339 e. The van der Waals surface area contributed by atoms with Crippen LogP contribution in [0.1, 0.15) is 36.7 Å². The second-order valence-corrected chi connectivity index (χ2v) is 6.46. The van der Waals surface area contributed by atoms with Gasteiger partial charge >= 0.3 is 0 Å². The lowest BCUT2D eigenvalue weighted by Gasteiger charge is -2.34. The Hall–Kier alpha value is -2.51. The van der Waals surface area contributed by atoms with E-state index in [4.69, 9.17) is 0 Å². The molecule has 25 heavy (non-hydrogen) atoms. The van der Waals surface area contributed by atoms with Crippen LogP contribution >= 0.6 is 0 Å². The van der Waals surface area contributed by atoms with Crippen LogP contribution in [-0.2, 0) is 9.59 Å². The van der Waals surface area contributed by atoms with Crippen LogP contribution < -0.4 is 0 Å². The molecule has 1 aromatic rings. The molecule has 2 aliphatic rings. The number of hydrogen-bond donors (Lipinski definition) is 0. The third-order valence-corrected chi connectivity index (χ3v) is 4.68. The van der Waals surface area contributed by atoms with Crippen molar-refractivity contribution < 1.29 is 14.4 Å². The van der Waals surface area contributed by atoms with Gasteiger partial charge < -0.3 is 14.7 Å². The molecule has 134 valence electrons. The second kappa shape index (κ2) is 7.58. The fraction of sp³-hybridized carbons (Fsp3) is 0.588. The molecule has 2 fully saturated rings. The maximum Gasteiger partial charge on any atom is 0.274 e. The summed E-state index contributed by atoms with van der Waals surface area (Å²) in [6.45, 7) is 4.20. The Morgan fingerprint density at radius 2 is 1.80 bits per heavy atom. The lowest BCUT2D eigenvalue weighted by molar-refractivity contribution is -0.138. The number of aromatic nitrogens is 2. The van der Waals surface area contributed by atoms with Crippen LogP contribution in [0.2, 0.25) is 0 Å². The average molecular weight is 345 g/mol. The highest BCUT2D eigenvalue weighted by Crippen LogP contribution is 2.28. The van der Waals surface area contributed by atoms with Crippen molar-refractivity contribution in [3.8, 4) is 0 Å². The molecular weight excluding hydrogens is 322 g/mol. The minimum Gasteiger partial charge on any atom is -0.339 e. The van der Waals surface area contributed by atoms with Gasteiger partial charge in [-0.3, -0.25) is 19.4 Å². The van der Waals surface area contributed by atoms with Crippen molar-refractivity contribution in [3.63, 3.8) is 0 Å². The van der Waals surface area contributed by atoms with E-state index >= 15 is 0 Å². The number of carbonyl (C=O) groups excluding carboxylic acids is 3. The lowest BCUT2D eigenvalue weighted by atomic mass is 10.2. The van der Waals surface area contributed by atoms with Gasteiger partial charge in [0.25, 0.3) is 5.91 Å². The summed E-state index contributed by atoms with van der Waals surface area (Å²) >= 11 is 0.